The zero-order valence-electron chi connectivity index (χ0n) is 54.2. The molecule has 2 saturated heterocycles. The number of hydrogen-bond donors (Lipinski definition) is 4. The summed E-state index contributed by atoms with van der Waals surface area (Å²) in [6.45, 7) is 10.2. The highest BCUT2D eigenvalue weighted by atomic mass is 32.2. The first-order chi connectivity index (χ1) is 43.7. The monoisotopic (exact) mass is 1300 g/mol. The number of rotatable bonds is 19. The molecule has 5 aliphatic rings. The number of likely N-dealkylation sites (N-methyl/N-ethyl adjacent to an activating group) is 3. The summed E-state index contributed by atoms with van der Waals surface area (Å²) in [5, 5.41) is 19.3. The molecule has 2 aliphatic carbocycles. The molecule has 26 heteroatoms. The van der Waals surface area contributed by atoms with Gasteiger partial charge in [0.25, 0.3) is 23.0 Å². The third kappa shape index (κ3) is 18.4. The number of ether oxygens (including phenoxy) is 7. The molecule has 25 nitrogen and oxygen atoms in total. The maximum atomic E-state index is 14.6. The molecule has 92 heavy (non-hydrogen) atoms. The van der Waals surface area contributed by atoms with Crippen LogP contribution in [0.2, 0.25) is 0 Å². The Hall–Kier alpha value is -8.07. The van der Waals surface area contributed by atoms with Gasteiger partial charge in [0.2, 0.25) is 5.91 Å². The Kier molecular flexibility index (Phi) is 24.8. The molecule has 0 radical (unpaired) electrons. The lowest BCUT2D eigenvalue weighted by atomic mass is 9.82. The zero-order valence-corrected chi connectivity index (χ0v) is 55.1. The number of nitrogens with one attached hydrogen (secondary N) is 3. The second-order valence-corrected chi connectivity index (χ2v) is 25.3. The minimum absolute atomic E-state index is 0.000650. The average Bonchev–Trinajstić information content (AvgIpc) is 1.56. The van der Waals surface area contributed by atoms with E-state index in [2.05, 4.69) is 16.0 Å². The molecule has 7 rings (SSSR count). The second kappa shape index (κ2) is 32.0. The van der Waals surface area contributed by atoms with Crippen molar-refractivity contribution in [1.29, 1.82) is 0 Å². The first-order valence-corrected chi connectivity index (χ1v) is 31.9. The standard InChI is InChI=1S/C66H87N7O18S/c1-39-18-17-21-53(86-11)66(84)37-52(89-62(81)69-66)42(4)58-65(6,91-58)54(36-50(74)40(2)47-34-45(32-39)35-51(85-10)41(47)3)90-60(79)43(5)72(9)55(75)26-31-92-64(83)71(8)30-29-70(7)63(82)87-38-44-22-23-49(68-61(80)88-46-19-15-13-12-14-16-20-46)48(33-44)59(78)67-27-28-73-56(76)24-25-57(73)77/h15,17-19,21-25,33-35,40,42-43,46,52-54,58,84H,12-14,16,20,26-32,36-38H2,1-11H3,(H,67,78)(H,68,80)(H,69,81)/b19-15+,21-17+,39-18+/t40?,42-,43+,46?,52+,53?,54+,58+,65+,66?/m1/s1. The number of fused-ring (bicyclic) bond motifs is 5. The number of ketones is 1. The van der Waals surface area contributed by atoms with Gasteiger partial charge in [0, 0.05) is 103 Å². The van der Waals surface area contributed by atoms with E-state index in [1.54, 1.807) is 46.1 Å². The Morgan fingerprint density at radius 2 is 1.66 bits per heavy atom. The molecule has 4 N–H and O–H groups in total. The van der Waals surface area contributed by atoms with Crippen molar-refractivity contribution in [2.75, 3.05) is 72.6 Å². The van der Waals surface area contributed by atoms with E-state index < -0.39 is 113 Å². The number of esters is 1. The van der Waals surface area contributed by atoms with Crippen LogP contribution in [0.4, 0.5) is 24.9 Å². The van der Waals surface area contributed by atoms with Gasteiger partial charge < -0.3 is 58.3 Å². The second-order valence-electron chi connectivity index (χ2n) is 24.2. The lowest BCUT2D eigenvalue weighted by molar-refractivity contribution is -0.162. The molecule has 8 amide bonds. The summed E-state index contributed by atoms with van der Waals surface area (Å²) >= 11 is 0.864. The highest BCUT2D eigenvalue weighted by Crippen LogP contribution is 2.49. The SMILES string of the molecule is COc1cc2cc(c1C)C(C)C(=O)C[C@H](OC(=O)[C@H](C)N(C)C(=O)CCSC(=O)N(C)CCN(C)C(=O)OCc1ccc(NC(=O)OC3/C=C/CCCCC3)c(C(=O)NCCN3C(=O)C=CC3=O)c1)[C@]1(C)O[C@H]1[C@H](C)[C@@H]1CC(O)(NC(=O)O1)C(OC)/C=C/C=C(\C)C2. The first-order valence-electron chi connectivity index (χ1n) is 30.9. The molecule has 0 aromatic heterocycles. The summed E-state index contributed by atoms with van der Waals surface area (Å²) in [6, 6.07) is 7.17. The summed E-state index contributed by atoms with van der Waals surface area (Å²) in [4.78, 5) is 138. The molecule has 3 heterocycles. The van der Waals surface area contributed by atoms with E-state index >= 15 is 0 Å². The molecule has 10 atom stereocenters. The average molecular weight is 1300 g/mol. The summed E-state index contributed by atoms with van der Waals surface area (Å²) in [6.07, 6.45) is 9.09. The number of nitrogens with zero attached hydrogens (tertiary/aromatic N) is 4. The topological polar surface area (TPSA) is 308 Å². The van der Waals surface area contributed by atoms with Gasteiger partial charge in [-0.3, -0.25) is 44.3 Å². The Morgan fingerprint density at radius 3 is 2.38 bits per heavy atom. The maximum Gasteiger partial charge on any atom is 0.412 e. The number of anilines is 1. The molecule has 2 aromatic carbocycles. The van der Waals surface area contributed by atoms with Crippen molar-refractivity contribution < 1.29 is 86.2 Å². The van der Waals surface area contributed by atoms with Crippen LogP contribution in [0, 0.1) is 12.8 Å². The number of benzene rings is 2. The van der Waals surface area contributed by atoms with Gasteiger partial charge in [0.15, 0.2) is 5.72 Å². The molecular weight excluding hydrogens is 1210 g/mol. The van der Waals surface area contributed by atoms with E-state index in [9.17, 15) is 53.1 Å². The molecule has 0 spiro atoms. The largest absolute Gasteiger partial charge is 0.496 e. The van der Waals surface area contributed by atoms with Crippen molar-refractivity contribution in [3.63, 3.8) is 0 Å². The van der Waals surface area contributed by atoms with Crippen LogP contribution in [0.25, 0.3) is 0 Å². The number of imide groups is 1. The molecule has 3 aliphatic heterocycles. The van der Waals surface area contributed by atoms with Crippen LogP contribution in [-0.4, -0.2) is 199 Å². The first kappa shape index (κ1) is 71.4. The fourth-order valence-corrected chi connectivity index (χ4v) is 12.2. The van der Waals surface area contributed by atoms with Crippen LogP contribution in [0.5, 0.6) is 5.75 Å². The number of alkyl carbamates (subject to hydrolysis) is 1. The van der Waals surface area contributed by atoms with Crippen molar-refractivity contribution in [2.45, 2.75) is 160 Å². The van der Waals surface area contributed by atoms with Crippen LogP contribution in [0.1, 0.15) is 125 Å². The fourth-order valence-electron chi connectivity index (χ4n) is 11.5. The predicted molar refractivity (Wildman–Crippen MR) is 339 cm³/mol. The lowest BCUT2D eigenvalue weighted by Gasteiger charge is -2.42. The Morgan fingerprint density at radius 1 is 0.935 bits per heavy atom. The number of thioether (sulfide) groups is 1. The third-order valence-corrected chi connectivity index (χ3v) is 18.5. The van der Waals surface area contributed by atoms with Crippen LogP contribution >= 0.6 is 11.8 Å². The van der Waals surface area contributed by atoms with E-state index in [-0.39, 0.29) is 74.8 Å². The summed E-state index contributed by atoms with van der Waals surface area (Å²) < 4.78 is 41.0. The number of carbonyl (C=O) groups is 10. The van der Waals surface area contributed by atoms with Gasteiger partial charge in [-0.05, 0) is 106 Å². The Labute approximate surface area is 540 Å². The number of epoxide rings is 1. The molecule has 500 valence electrons. The normalized spacial score (nSPS) is 26.4. The molecule has 2 aromatic rings. The summed E-state index contributed by atoms with van der Waals surface area (Å²) in [7, 11) is 7.41. The number of hydrogen-bond acceptors (Lipinski definition) is 19. The zero-order chi connectivity index (χ0) is 67.2. The number of amides is 8. The van der Waals surface area contributed by atoms with Crippen molar-refractivity contribution >= 4 is 76.3 Å². The van der Waals surface area contributed by atoms with Gasteiger partial charge in [-0.15, -0.1) is 0 Å². The predicted octanol–water partition coefficient (Wildman–Crippen LogP) is 7.42. The smallest absolute Gasteiger partial charge is 0.412 e. The van der Waals surface area contributed by atoms with Crippen molar-refractivity contribution in [3.05, 3.63) is 106 Å². The van der Waals surface area contributed by atoms with E-state index in [4.69, 9.17) is 33.2 Å². The van der Waals surface area contributed by atoms with Gasteiger partial charge in [0.1, 0.15) is 54.2 Å². The number of Topliss-reactive ketones (excluding diaryl/α,β-unsaturated/α-hetero) is 1. The van der Waals surface area contributed by atoms with Crippen molar-refractivity contribution in [2.24, 2.45) is 5.92 Å². The van der Waals surface area contributed by atoms with Gasteiger partial charge in [0.05, 0.1) is 24.5 Å². The minimum atomic E-state index is -1.89. The Balaban J connectivity index is 0.927. The molecule has 4 unspecified atom stereocenters. The third-order valence-electron chi connectivity index (χ3n) is 17.5. The highest BCUT2D eigenvalue weighted by molar-refractivity contribution is 8.13. The van der Waals surface area contributed by atoms with Crippen LogP contribution in [0.15, 0.2) is 78.4 Å². The lowest BCUT2D eigenvalue weighted by Crippen LogP contribution is -2.63. The van der Waals surface area contributed by atoms with Crippen LogP contribution in [-0.2, 0) is 65.4 Å². The maximum absolute atomic E-state index is 14.6. The summed E-state index contributed by atoms with van der Waals surface area (Å²) in [5.74, 6) is -3.90. The quantitative estimate of drug-likeness (QED) is 0.0350. The number of aliphatic hydroxyl groups is 1. The molecule has 2 fully saturated rings. The van der Waals surface area contributed by atoms with E-state index in [1.165, 1.54) is 62.0 Å². The van der Waals surface area contributed by atoms with Crippen molar-refractivity contribution in [3.8, 4) is 5.75 Å². The van der Waals surface area contributed by atoms with Gasteiger partial charge >= 0.3 is 24.2 Å². The number of carbonyl (C=O) groups excluding carboxylic acids is 10. The van der Waals surface area contributed by atoms with Gasteiger partial charge in [-0.1, -0.05) is 74.0 Å². The molecule has 0 saturated carbocycles. The van der Waals surface area contributed by atoms with E-state index in [1.807, 2.05) is 44.2 Å². The van der Waals surface area contributed by atoms with Gasteiger partial charge in [-0.25, -0.2) is 19.2 Å². The van der Waals surface area contributed by atoms with E-state index in [0.29, 0.717) is 24.2 Å². The Bertz CT molecular complexity index is 3220. The number of allylic oxidation sites excluding steroid dienone is 4. The summed E-state index contributed by atoms with van der Waals surface area (Å²) in [5.41, 5.74) is 0.617. The fraction of sp³-hybridized carbons (Fsp3) is 0.545. The van der Waals surface area contributed by atoms with E-state index in [0.717, 1.165) is 76.8 Å². The minimum Gasteiger partial charge on any atom is -0.496 e. The molecular formula is C66H87N7O18S. The van der Waals surface area contributed by atoms with Gasteiger partial charge in [-0.2, -0.15) is 0 Å². The number of methoxy groups -OCH3 is 2. The van der Waals surface area contributed by atoms with Crippen LogP contribution in [0.3, 0.4) is 0 Å². The molecule has 4 bridgehead atoms. The highest BCUT2D eigenvalue weighted by Gasteiger charge is 2.64. The van der Waals surface area contributed by atoms with Crippen LogP contribution < -0.4 is 20.7 Å². The van der Waals surface area contributed by atoms with Crippen molar-refractivity contribution in [1.82, 2.24) is 30.2 Å².